The summed E-state index contributed by atoms with van der Waals surface area (Å²) in [7, 11) is 1.46. The second kappa shape index (κ2) is 13.2. The number of rotatable bonds is 8. The summed E-state index contributed by atoms with van der Waals surface area (Å²) in [4.78, 5) is 24.4. The first-order chi connectivity index (χ1) is 22.2. The van der Waals surface area contributed by atoms with Gasteiger partial charge in [0.25, 0.3) is 0 Å². The minimum atomic E-state index is -3.08. The number of benzene rings is 2. The number of aromatic hydroxyl groups is 2. The van der Waals surface area contributed by atoms with Crippen molar-refractivity contribution in [2.45, 2.75) is 67.6 Å². The smallest absolute Gasteiger partial charge is 0.302 e. The van der Waals surface area contributed by atoms with E-state index in [2.05, 4.69) is 0 Å². The van der Waals surface area contributed by atoms with Gasteiger partial charge in [-0.15, -0.1) is 0 Å². The van der Waals surface area contributed by atoms with Crippen LogP contribution in [-0.4, -0.2) is 133 Å². The van der Waals surface area contributed by atoms with Crippen LogP contribution in [0.1, 0.15) is 6.92 Å². The van der Waals surface area contributed by atoms with E-state index in [0.29, 0.717) is 11.3 Å². The summed E-state index contributed by atoms with van der Waals surface area (Å²) in [5.41, 5.74) is -4.02. The SMILES string of the molecule is COc1ccc(-c2cc(=O)c3c(O)cc(O[C@@H]4O[C@H](CO)[C@@H](O)[C@H](O)[C@]4(O)[C@@H]4O[C@H](COC(C)=O)[C@@H](O)[C@@H](O)[C@H]4O)c(O)c3o2)cc1. The molecule has 0 aliphatic carbocycles. The average Bonchev–Trinajstić information content (AvgIpc) is 3.05. The van der Waals surface area contributed by atoms with Gasteiger partial charge < -0.3 is 74.1 Å². The maximum Gasteiger partial charge on any atom is 0.302 e. The van der Waals surface area contributed by atoms with E-state index in [1.807, 2.05) is 0 Å². The Hall–Kier alpha value is -4.04. The molecule has 2 aromatic carbocycles. The van der Waals surface area contributed by atoms with Crippen molar-refractivity contribution >= 4 is 16.9 Å². The predicted molar refractivity (Wildman–Crippen MR) is 154 cm³/mol. The third-order valence-electron chi connectivity index (χ3n) is 8.18. The summed E-state index contributed by atoms with van der Waals surface area (Å²) in [6.07, 6.45) is -18.2. The molecule has 9 N–H and O–H groups in total. The Bertz CT molecular complexity index is 1660. The van der Waals surface area contributed by atoms with Crippen LogP contribution in [0.25, 0.3) is 22.3 Å². The van der Waals surface area contributed by atoms with E-state index < -0.39 is 114 Å². The third-order valence-corrected chi connectivity index (χ3v) is 8.18. The zero-order chi connectivity index (χ0) is 34.4. The fourth-order valence-corrected chi connectivity index (χ4v) is 5.59. The predicted octanol–water partition coefficient (Wildman–Crippen LogP) is -2.16. The van der Waals surface area contributed by atoms with E-state index in [1.165, 1.54) is 7.11 Å². The molecular weight excluding hydrogens is 632 g/mol. The number of aliphatic hydroxyl groups is 7. The summed E-state index contributed by atoms with van der Waals surface area (Å²) in [5, 5.41) is 96.9. The highest BCUT2D eigenvalue weighted by Crippen LogP contribution is 2.45. The summed E-state index contributed by atoms with van der Waals surface area (Å²) in [5.74, 6) is -2.69. The second-order valence-corrected chi connectivity index (χ2v) is 11.1. The Morgan fingerprint density at radius 3 is 2.23 bits per heavy atom. The van der Waals surface area contributed by atoms with Gasteiger partial charge in [-0.1, -0.05) is 0 Å². The lowest BCUT2D eigenvalue weighted by molar-refractivity contribution is -0.372. The Kier molecular flexibility index (Phi) is 9.65. The highest BCUT2D eigenvalue weighted by atomic mass is 16.7. The molecule has 2 fully saturated rings. The van der Waals surface area contributed by atoms with Crippen molar-refractivity contribution in [3.8, 4) is 34.3 Å². The molecule has 0 saturated carbocycles. The van der Waals surface area contributed by atoms with Crippen LogP contribution in [0, 0.1) is 0 Å². The van der Waals surface area contributed by atoms with E-state index in [0.717, 1.165) is 19.1 Å². The van der Waals surface area contributed by atoms with Gasteiger partial charge in [-0.05, 0) is 24.3 Å². The zero-order valence-electron chi connectivity index (χ0n) is 24.9. The monoisotopic (exact) mass is 666 g/mol. The van der Waals surface area contributed by atoms with Gasteiger partial charge in [0.15, 0.2) is 22.4 Å². The molecule has 17 heteroatoms. The van der Waals surface area contributed by atoms with Crippen LogP contribution in [0.15, 0.2) is 45.6 Å². The largest absolute Gasteiger partial charge is 0.507 e. The normalized spacial score (nSPS) is 32.6. The van der Waals surface area contributed by atoms with Crippen LogP contribution in [-0.2, 0) is 19.0 Å². The number of hydrogen-bond donors (Lipinski definition) is 9. The Labute approximate surface area is 264 Å². The summed E-state index contributed by atoms with van der Waals surface area (Å²) in [6.45, 7) is -0.563. The number of methoxy groups -OCH3 is 1. The third kappa shape index (κ3) is 6.08. The van der Waals surface area contributed by atoms with E-state index in [1.54, 1.807) is 24.3 Å². The van der Waals surface area contributed by atoms with Crippen molar-refractivity contribution in [1.29, 1.82) is 0 Å². The summed E-state index contributed by atoms with van der Waals surface area (Å²) in [6, 6.07) is 8.13. The first-order valence-corrected chi connectivity index (χ1v) is 14.2. The van der Waals surface area contributed by atoms with Crippen molar-refractivity contribution in [2.24, 2.45) is 0 Å². The van der Waals surface area contributed by atoms with Gasteiger partial charge in [0.2, 0.25) is 12.0 Å². The molecule has 2 aliphatic rings. The average molecular weight is 667 g/mol. The van der Waals surface area contributed by atoms with E-state index in [-0.39, 0.29) is 5.76 Å². The standard InChI is InChI=1S/C30H34O17/c1-11(32)43-10-19-21(35)24(38)25(39)28(45-19)30(41)27(40)23(37)18(9-31)47-29(30)46-17-8-15(34)20-14(33)7-16(44-26(20)22(17)36)12-3-5-13(42-2)6-4-12/h3-8,18-19,21,23-25,27-29,31,34-41H,9-10H2,1-2H3/t18-,19-,21-,23-,24-,25-,27+,28-,29-,30+/m1/s1. The molecule has 0 spiro atoms. The number of carbonyl (C=O) groups is 1. The minimum absolute atomic E-state index is 0.0357. The number of carbonyl (C=O) groups excluding carboxylic acids is 1. The molecule has 5 rings (SSSR count). The zero-order valence-corrected chi connectivity index (χ0v) is 24.9. The van der Waals surface area contributed by atoms with Crippen LogP contribution in [0.2, 0.25) is 0 Å². The Balaban J connectivity index is 1.58. The lowest BCUT2D eigenvalue weighted by Crippen LogP contribution is -2.77. The number of fused-ring (bicyclic) bond motifs is 1. The number of aliphatic hydroxyl groups excluding tert-OH is 6. The summed E-state index contributed by atoms with van der Waals surface area (Å²) >= 11 is 0. The van der Waals surface area contributed by atoms with Crippen molar-refractivity contribution in [3.63, 3.8) is 0 Å². The van der Waals surface area contributed by atoms with Crippen LogP contribution in [0.5, 0.6) is 23.0 Å². The topological polar surface area (TPSA) is 275 Å². The molecule has 0 unspecified atom stereocenters. The first kappa shape index (κ1) is 34.3. The molecule has 2 aliphatic heterocycles. The molecule has 1 aromatic heterocycles. The Morgan fingerprint density at radius 2 is 1.62 bits per heavy atom. The van der Waals surface area contributed by atoms with Gasteiger partial charge >= 0.3 is 5.97 Å². The molecule has 17 nitrogen and oxygen atoms in total. The van der Waals surface area contributed by atoms with Crippen LogP contribution >= 0.6 is 0 Å². The second-order valence-electron chi connectivity index (χ2n) is 11.1. The molecule has 10 atom stereocenters. The molecule has 0 radical (unpaired) electrons. The summed E-state index contributed by atoms with van der Waals surface area (Å²) < 4.78 is 32.5. The van der Waals surface area contributed by atoms with Crippen molar-refractivity contribution in [2.75, 3.05) is 20.3 Å². The molecule has 47 heavy (non-hydrogen) atoms. The van der Waals surface area contributed by atoms with E-state index in [9.17, 15) is 55.5 Å². The van der Waals surface area contributed by atoms with E-state index in [4.69, 9.17) is 28.1 Å². The van der Waals surface area contributed by atoms with Crippen molar-refractivity contribution < 1.29 is 78.9 Å². The maximum absolute atomic E-state index is 13.0. The molecule has 3 aromatic rings. The van der Waals surface area contributed by atoms with Crippen LogP contribution < -0.4 is 14.9 Å². The lowest BCUT2D eigenvalue weighted by atomic mass is 9.76. The highest BCUT2D eigenvalue weighted by Gasteiger charge is 2.65. The van der Waals surface area contributed by atoms with Crippen LogP contribution in [0.3, 0.4) is 0 Å². The molecule has 0 bridgehead atoms. The fraction of sp³-hybridized carbons (Fsp3) is 0.467. The lowest BCUT2D eigenvalue weighted by Gasteiger charge is -2.54. The molecule has 3 heterocycles. The molecule has 256 valence electrons. The number of esters is 1. The number of ether oxygens (including phenoxy) is 5. The quantitative estimate of drug-likeness (QED) is 0.0915. The molecular formula is C30H34O17. The molecule has 2 saturated heterocycles. The van der Waals surface area contributed by atoms with Gasteiger partial charge in [0.05, 0.1) is 13.7 Å². The van der Waals surface area contributed by atoms with E-state index >= 15 is 0 Å². The molecule has 0 amide bonds. The fourth-order valence-electron chi connectivity index (χ4n) is 5.59. The Morgan fingerprint density at radius 1 is 0.936 bits per heavy atom. The van der Waals surface area contributed by atoms with Gasteiger partial charge in [-0.3, -0.25) is 9.59 Å². The highest BCUT2D eigenvalue weighted by molar-refractivity contribution is 5.91. The van der Waals surface area contributed by atoms with Gasteiger partial charge in [-0.25, -0.2) is 0 Å². The number of phenolic OH excluding ortho intramolecular Hbond substituents is 2. The van der Waals surface area contributed by atoms with Crippen LogP contribution in [0.4, 0.5) is 0 Å². The maximum atomic E-state index is 13.0. The van der Waals surface area contributed by atoms with Crippen molar-refractivity contribution in [3.05, 3.63) is 46.6 Å². The van der Waals surface area contributed by atoms with Gasteiger partial charge in [0, 0.05) is 24.6 Å². The minimum Gasteiger partial charge on any atom is -0.507 e. The first-order valence-electron chi connectivity index (χ1n) is 14.2. The van der Waals surface area contributed by atoms with Gasteiger partial charge in [-0.2, -0.15) is 0 Å². The van der Waals surface area contributed by atoms with Crippen molar-refractivity contribution in [1.82, 2.24) is 0 Å². The number of phenols is 2. The van der Waals surface area contributed by atoms with Gasteiger partial charge in [0.1, 0.15) is 78.1 Å². The number of hydrogen-bond acceptors (Lipinski definition) is 17.